The Morgan fingerprint density at radius 1 is 1.50 bits per heavy atom. The maximum absolute atomic E-state index is 11.3. The second-order valence-electron chi connectivity index (χ2n) is 4.97. The number of unbranched alkanes of at least 4 members (excludes halogenated alkanes) is 2. The molecule has 0 atom stereocenters. The molecule has 0 spiro atoms. The Hall–Kier alpha value is -2.31. The highest BCUT2D eigenvalue weighted by Crippen LogP contribution is 2.34. The van der Waals surface area contributed by atoms with Crippen molar-refractivity contribution in [3.05, 3.63) is 34.3 Å². The van der Waals surface area contributed by atoms with E-state index in [0.717, 1.165) is 31.4 Å². The minimum atomic E-state index is -0.525. The minimum absolute atomic E-state index is 0.0786. The number of nitro groups is 1. The molecule has 1 aromatic heterocycles. The van der Waals surface area contributed by atoms with E-state index in [1.807, 2.05) is 6.92 Å². The molecule has 0 saturated carbocycles. The van der Waals surface area contributed by atoms with Crippen molar-refractivity contribution in [2.75, 3.05) is 24.3 Å². The first-order valence-corrected chi connectivity index (χ1v) is 7.41. The third-order valence-electron chi connectivity index (χ3n) is 3.32. The Labute approximate surface area is 130 Å². The average molecular weight is 308 g/mol. The lowest BCUT2D eigenvalue weighted by Gasteiger charge is -2.22. The number of pyridine rings is 1. The van der Waals surface area contributed by atoms with E-state index < -0.39 is 4.92 Å². The van der Waals surface area contributed by atoms with Crippen molar-refractivity contribution in [3.63, 3.8) is 0 Å². The van der Waals surface area contributed by atoms with Gasteiger partial charge in [-0.2, -0.15) is 0 Å². The SMILES string of the molecule is C=C(OCC)N(C)c1cc(CCCCC)nc(N)c1[N+](=O)[O-]. The fourth-order valence-corrected chi connectivity index (χ4v) is 2.12. The van der Waals surface area contributed by atoms with E-state index in [0.29, 0.717) is 18.2 Å². The van der Waals surface area contributed by atoms with E-state index in [2.05, 4.69) is 18.5 Å². The van der Waals surface area contributed by atoms with E-state index in [9.17, 15) is 10.1 Å². The van der Waals surface area contributed by atoms with Gasteiger partial charge in [0, 0.05) is 12.7 Å². The van der Waals surface area contributed by atoms with Crippen LogP contribution in [0.15, 0.2) is 18.5 Å². The number of anilines is 2. The number of nitrogens with zero attached hydrogens (tertiary/aromatic N) is 3. The largest absolute Gasteiger partial charge is 0.480 e. The second kappa shape index (κ2) is 8.21. The van der Waals surface area contributed by atoms with Crippen LogP contribution in [0.1, 0.15) is 38.8 Å². The van der Waals surface area contributed by atoms with Gasteiger partial charge in [-0.3, -0.25) is 10.1 Å². The van der Waals surface area contributed by atoms with Crippen LogP contribution in [0.5, 0.6) is 0 Å². The van der Waals surface area contributed by atoms with Crippen molar-refractivity contribution in [2.45, 2.75) is 39.5 Å². The molecule has 0 fully saturated rings. The van der Waals surface area contributed by atoms with Gasteiger partial charge in [-0.1, -0.05) is 19.8 Å². The molecule has 122 valence electrons. The third kappa shape index (κ3) is 4.34. The van der Waals surface area contributed by atoms with Gasteiger partial charge in [0.2, 0.25) is 5.82 Å². The Balaban J connectivity index is 3.19. The van der Waals surface area contributed by atoms with Crippen molar-refractivity contribution in [3.8, 4) is 0 Å². The van der Waals surface area contributed by atoms with E-state index in [4.69, 9.17) is 10.5 Å². The highest BCUT2D eigenvalue weighted by molar-refractivity contribution is 5.74. The fraction of sp³-hybridized carbons (Fsp3) is 0.533. The summed E-state index contributed by atoms with van der Waals surface area (Å²) < 4.78 is 5.32. The quantitative estimate of drug-likeness (QED) is 0.326. The number of aromatic nitrogens is 1. The Bertz CT molecular complexity index is 546. The van der Waals surface area contributed by atoms with Crippen molar-refractivity contribution >= 4 is 17.2 Å². The third-order valence-corrected chi connectivity index (χ3v) is 3.32. The molecule has 0 radical (unpaired) electrons. The molecule has 1 rings (SSSR count). The van der Waals surface area contributed by atoms with E-state index >= 15 is 0 Å². The first-order valence-electron chi connectivity index (χ1n) is 7.41. The Kier molecular flexibility index (Phi) is 6.62. The molecule has 0 aliphatic carbocycles. The van der Waals surface area contributed by atoms with Gasteiger partial charge in [0.1, 0.15) is 5.69 Å². The van der Waals surface area contributed by atoms with Crippen LogP contribution in [0.25, 0.3) is 0 Å². The average Bonchev–Trinajstić information content (AvgIpc) is 2.45. The molecule has 1 aromatic rings. The molecule has 7 heteroatoms. The van der Waals surface area contributed by atoms with Crippen LogP contribution in [0.2, 0.25) is 0 Å². The monoisotopic (exact) mass is 308 g/mol. The van der Waals surface area contributed by atoms with Gasteiger partial charge in [0.05, 0.1) is 11.5 Å². The lowest BCUT2D eigenvalue weighted by molar-refractivity contribution is -0.383. The number of hydrogen-bond donors (Lipinski definition) is 1. The highest BCUT2D eigenvalue weighted by Gasteiger charge is 2.25. The maximum Gasteiger partial charge on any atom is 0.334 e. The van der Waals surface area contributed by atoms with Crippen molar-refractivity contribution in [1.82, 2.24) is 4.98 Å². The van der Waals surface area contributed by atoms with Gasteiger partial charge >= 0.3 is 5.69 Å². The number of nitrogen functional groups attached to an aromatic ring is 1. The number of hydrogen-bond acceptors (Lipinski definition) is 6. The van der Waals surface area contributed by atoms with E-state index in [1.54, 1.807) is 13.1 Å². The molecule has 1 heterocycles. The van der Waals surface area contributed by atoms with Crippen molar-refractivity contribution in [1.29, 1.82) is 0 Å². The number of aryl methyl sites for hydroxylation is 1. The normalized spacial score (nSPS) is 10.3. The topological polar surface area (TPSA) is 94.5 Å². The first kappa shape index (κ1) is 17.7. The molecule has 0 aliphatic heterocycles. The highest BCUT2D eigenvalue weighted by atomic mass is 16.6. The molecule has 0 aromatic carbocycles. The van der Waals surface area contributed by atoms with Crippen LogP contribution >= 0.6 is 0 Å². The summed E-state index contributed by atoms with van der Waals surface area (Å²) in [5, 5.41) is 11.3. The molecule has 0 amide bonds. The predicted molar refractivity (Wildman–Crippen MR) is 87.7 cm³/mol. The molecule has 2 N–H and O–H groups in total. The van der Waals surface area contributed by atoms with Crippen LogP contribution in [0.3, 0.4) is 0 Å². The van der Waals surface area contributed by atoms with Gasteiger partial charge in [-0.15, -0.1) is 0 Å². The molecule has 7 nitrogen and oxygen atoms in total. The molecule has 0 unspecified atom stereocenters. The van der Waals surface area contributed by atoms with Crippen LogP contribution in [0, 0.1) is 10.1 Å². The predicted octanol–water partition coefficient (Wildman–Crippen LogP) is 3.25. The minimum Gasteiger partial charge on any atom is -0.480 e. The second-order valence-corrected chi connectivity index (χ2v) is 4.97. The summed E-state index contributed by atoms with van der Waals surface area (Å²) in [4.78, 5) is 16.4. The maximum atomic E-state index is 11.3. The first-order chi connectivity index (χ1) is 10.4. The molecule has 0 bridgehead atoms. The van der Waals surface area contributed by atoms with E-state index in [1.165, 1.54) is 4.90 Å². The van der Waals surface area contributed by atoms with Crippen LogP contribution in [0.4, 0.5) is 17.2 Å². The lowest BCUT2D eigenvalue weighted by atomic mass is 10.1. The van der Waals surface area contributed by atoms with Crippen molar-refractivity contribution < 1.29 is 9.66 Å². The van der Waals surface area contributed by atoms with Crippen LogP contribution < -0.4 is 10.6 Å². The Morgan fingerprint density at radius 2 is 2.18 bits per heavy atom. The van der Waals surface area contributed by atoms with Gasteiger partial charge in [0.25, 0.3) is 0 Å². The zero-order valence-electron chi connectivity index (χ0n) is 13.5. The van der Waals surface area contributed by atoms with Gasteiger partial charge < -0.3 is 15.4 Å². The molecular weight excluding hydrogens is 284 g/mol. The summed E-state index contributed by atoms with van der Waals surface area (Å²) in [6, 6.07) is 1.69. The zero-order chi connectivity index (χ0) is 16.7. The number of rotatable bonds is 9. The van der Waals surface area contributed by atoms with Crippen molar-refractivity contribution in [2.24, 2.45) is 0 Å². The van der Waals surface area contributed by atoms with E-state index in [-0.39, 0.29) is 11.5 Å². The molecular formula is C15H24N4O3. The van der Waals surface area contributed by atoms with Gasteiger partial charge in [-0.05, 0) is 32.4 Å². The lowest BCUT2D eigenvalue weighted by Crippen LogP contribution is -2.20. The summed E-state index contributed by atoms with van der Waals surface area (Å²) in [7, 11) is 1.66. The molecule has 22 heavy (non-hydrogen) atoms. The zero-order valence-corrected chi connectivity index (χ0v) is 13.5. The number of nitrogens with two attached hydrogens (primary N) is 1. The summed E-state index contributed by atoms with van der Waals surface area (Å²) in [5.41, 5.74) is 6.66. The van der Waals surface area contributed by atoms with Crippen LogP contribution in [-0.2, 0) is 11.2 Å². The molecule has 0 aliphatic rings. The summed E-state index contributed by atoms with van der Waals surface area (Å²) in [6.45, 7) is 8.15. The number of ether oxygens (including phenoxy) is 1. The summed E-state index contributed by atoms with van der Waals surface area (Å²) in [6.07, 6.45) is 3.88. The molecule has 0 saturated heterocycles. The fourth-order valence-electron chi connectivity index (χ4n) is 2.12. The van der Waals surface area contributed by atoms with Gasteiger partial charge in [-0.25, -0.2) is 4.98 Å². The summed E-state index contributed by atoms with van der Waals surface area (Å²) in [5.74, 6) is 0.251. The standard InChI is InChI=1S/C15H24N4O3/c1-5-7-8-9-12-10-13(18(4)11(3)22-6-2)14(19(20)21)15(16)17-12/h10H,3,5-9H2,1-2,4H3,(H2,16,17). The van der Waals surface area contributed by atoms with Crippen LogP contribution in [-0.4, -0.2) is 23.6 Å². The van der Waals surface area contributed by atoms with Gasteiger partial charge in [0.15, 0.2) is 5.88 Å². The summed E-state index contributed by atoms with van der Waals surface area (Å²) >= 11 is 0. The smallest absolute Gasteiger partial charge is 0.334 e. The Morgan fingerprint density at radius 3 is 2.73 bits per heavy atom.